The van der Waals surface area contributed by atoms with E-state index in [1.807, 2.05) is 42.6 Å². The Kier molecular flexibility index (Phi) is 12.0. The molecule has 9 rings (SSSR count). The van der Waals surface area contributed by atoms with Gasteiger partial charge in [0.15, 0.2) is 0 Å². The van der Waals surface area contributed by atoms with Gasteiger partial charge in [0.25, 0.3) is 11.6 Å². The third-order valence-electron chi connectivity index (χ3n) is 11.7. The van der Waals surface area contributed by atoms with E-state index >= 15 is 0 Å². The van der Waals surface area contributed by atoms with Gasteiger partial charge in [-0.25, -0.2) is 4.98 Å². The van der Waals surface area contributed by atoms with Crippen molar-refractivity contribution in [2.75, 3.05) is 82.5 Å². The van der Waals surface area contributed by atoms with Crippen LogP contribution in [-0.2, 0) is 14.2 Å². The number of H-pyrrole nitrogens is 1. The van der Waals surface area contributed by atoms with Crippen molar-refractivity contribution in [3.8, 4) is 11.5 Å². The Morgan fingerprint density at radius 3 is 2.65 bits per heavy atom. The van der Waals surface area contributed by atoms with Crippen LogP contribution in [0.25, 0.3) is 16.6 Å². The van der Waals surface area contributed by atoms with Crippen molar-refractivity contribution in [1.82, 2.24) is 19.6 Å². The van der Waals surface area contributed by atoms with Crippen LogP contribution in [0.2, 0.25) is 5.02 Å². The van der Waals surface area contributed by atoms with Crippen molar-refractivity contribution in [1.29, 1.82) is 0 Å². The number of nitrogens with zero attached hydrogens (tertiary/aromatic N) is 4. The van der Waals surface area contributed by atoms with E-state index in [-0.39, 0.29) is 17.2 Å². The molecule has 2 aromatic heterocycles. The number of nitro groups is 1. The van der Waals surface area contributed by atoms with E-state index in [4.69, 9.17) is 30.5 Å². The van der Waals surface area contributed by atoms with Crippen LogP contribution in [0.5, 0.6) is 11.5 Å². The number of allylic oxidation sites excluding steroid dienone is 1. The van der Waals surface area contributed by atoms with Crippen LogP contribution < -0.4 is 19.7 Å². The number of pyridine rings is 1. The summed E-state index contributed by atoms with van der Waals surface area (Å²) in [6.45, 7) is 7.80. The highest BCUT2D eigenvalue weighted by Crippen LogP contribution is 2.48. The molecule has 4 aliphatic rings. The monoisotopic (exact) mass is 851 g/mol. The first-order valence-corrected chi connectivity index (χ1v) is 21.4. The van der Waals surface area contributed by atoms with E-state index in [1.54, 1.807) is 24.4 Å². The number of carbonyl (C=O) groups is 1. The first kappa shape index (κ1) is 40.3. The summed E-state index contributed by atoms with van der Waals surface area (Å²) in [7, 11) is 0. The molecule has 1 atom stereocenters. The molecule has 3 fully saturated rings. The molecule has 3 aromatic carbocycles. The smallest absolute Gasteiger partial charge is 0.293 e. The average molecular weight is 852 g/mol. The third kappa shape index (κ3) is 9.11. The molecule has 16 heteroatoms. The minimum absolute atomic E-state index is 0.110. The quantitative estimate of drug-likeness (QED) is 0.0598. The molecule has 60 heavy (non-hydrogen) atoms. The van der Waals surface area contributed by atoms with Gasteiger partial charge >= 0.3 is 0 Å². The number of aromatic amines is 1. The lowest BCUT2D eigenvalue weighted by atomic mass is 9.69. The van der Waals surface area contributed by atoms with Crippen molar-refractivity contribution in [3.63, 3.8) is 0 Å². The molecule has 5 heterocycles. The van der Waals surface area contributed by atoms with Crippen molar-refractivity contribution >= 4 is 63.1 Å². The summed E-state index contributed by atoms with van der Waals surface area (Å²) in [6.07, 6.45) is 6.50. The standard InChI is InChI=1S/C44H46ClN7O7S/c45-32-3-1-29(2-4-32)38-22-44(27-57-28-44)11-9-31(38)25-50-13-15-51(16-14-50)33-5-7-37(41(20-33)59-34-19-30-10-12-46-42(30)48-23-34)43(53)49-60-36-6-8-39(40(21-36)52(54)55)47-24-35-26-56-17-18-58-35/h1-8,10,12,19-21,23,35,47H,9,11,13-18,22,24-28H2,(H,46,48)(H,49,53). The lowest BCUT2D eigenvalue weighted by Gasteiger charge is -2.46. The molecule has 1 spiro atoms. The summed E-state index contributed by atoms with van der Waals surface area (Å²) in [4.78, 5) is 38.4. The molecule has 3 aliphatic heterocycles. The second-order valence-electron chi connectivity index (χ2n) is 15.8. The van der Waals surface area contributed by atoms with Crippen LogP contribution in [0.1, 0.15) is 35.2 Å². The van der Waals surface area contributed by atoms with Gasteiger partial charge in [-0.15, -0.1) is 0 Å². The van der Waals surface area contributed by atoms with E-state index in [0.29, 0.717) is 54.0 Å². The Morgan fingerprint density at radius 1 is 1.03 bits per heavy atom. The molecule has 1 aliphatic carbocycles. The number of anilines is 2. The number of amides is 1. The number of benzene rings is 3. The number of halogens is 1. The summed E-state index contributed by atoms with van der Waals surface area (Å²) in [5, 5.41) is 16.8. The number of piperazine rings is 1. The van der Waals surface area contributed by atoms with E-state index < -0.39 is 10.8 Å². The molecular formula is C44H46ClN7O7S. The molecule has 3 N–H and O–H groups in total. The fourth-order valence-electron chi connectivity index (χ4n) is 8.35. The zero-order valence-electron chi connectivity index (χ0n) is 33.0. The highest BCUT2D eigenvalue weighted by atomic mass is 35.5. The predicted molar refractivity (Wildman–Crippen MR) is 232 cm³/mol. The third-order valence-corrected chi connectivity index (χ3v) is 12.8. The molecule has 1 amide bonds. The van der Waals surface area contributed by atoms with Crippen LogP contribution >= 0.6 is 23.5 Å². The van der Waals surface area contributed by atoms with Crippen LogP contribution in [0, 0.1) is 15.5 Å². The second-order valence-corrected chi connectivity index (χ2v) is 17.1. The SMILES string of the molecule is O=C(NSc1ccc(NCC2COCCO2)c([N+](=O)[O-])c1)c1ccc(N2CCN(CC3=C(c4ccc(Cl)cc4)CC4(CC3)COC4)CC2)cc1Oc1cnc2[nH]ccc2c1. The summed E-state index contributed by atoms with van der Waals surface area (Å²) in [5.41, 5.74) is 6.69. The Labute approximate surface area is 356 Å². The van der Waals surface area contributed by atoms with E-state index in [2.05, 4.69) is 41.9 Å². The maximum absolute atomic E-state index is 13.8. The second kappa shape index (κ2) is 17.8. The van der Waals surface area contributed by atoms with Gasteiger partial charge in [0.1, 0.15) is 22.8 Å². The predicted octanol–water partition coefficient (Wildman–Crippen LogP) is 7.96. The molecular weight excluding hydrogens is 806 g/mol. The van der Waals surface area contributed by atoms with Crippen molar-refractivity contribution in [3.05, 3.63) is 117 Å². The van der Waals surface area contributed by atoms with E-state index in [1.165, 1.54) is 22.8 Å². The van der Waals surface area contributed by atoms with Crippen LogP contribution in [0.4, 0.5) is 17.1 Å². The summed E-state index contributed by atoms with van der Waals surface area (Å²) < 4.78 is 26.1. The molecule has 5 aromatic rings. The van der Waals surface area contributed by atoms with Gasteiger partial charge in [0.2, 0.25) is 0 Å². The van der Waals surface area contributed by atoms with Gasteiger partial charge in [0.05, 0.1) is 55.8 Å². The average Bonchev–Trinajstić information content (AvgIpc) is 3.74. The zero-order chi connectivity index (χ0) is 41.1. The number of nitro benzene ring substituents is 1. The van der Waals surface area contributed by atoms with Crippen molar-refractivity contribution in [2.45, 2.75) is 30.3 Å². The highest BCUT2D eigenvalue weighted by Gasteiger charge is 2.42. The lowest BCUT2D eigenvalue weighted by Crippen LogP contribution is -2.48. The Bertz CT molecular complexity index is 2390. The minimum atomic E-state index is -0.446. The largest absolute Gasteiger partial charge is 0.455 e. The minimum Gasteiger partial charge on any atom is -0.455 e. The number of carbonyl (C=O) groups excluding carboxylic acids is 1. The normalized spacial score (nSPS) is 19.3. The molecule has 14 nitrogen and oxygen atoms in total. The first-order chi connectivity index (χ1) is 29.3. The summed E-state index contributed by atoms with van der Waals surface area (Å²) in [5.74, 6) is 0.453. The van der Waals surface area contributed by atoms with E-state index in [9.17, 15) is 14.9 Å². The molecule has 0 radical (unpaired) electrons. The van der Waals surface area contributed by atoms with Gasteiger partial charge in [-0.05, 0) is 90.9 Å². The van der Waals surface area contributed by atoms with Crippen LogP contribution in [0.3, 0.4) is 0 Å². The fraction of sp³-hybridized carbons (Fsp3) is 0.364. The number of aromatic nitrogens is 2. The highest BCUT2D eigenvalue weighted by molar-refractivity contribution is 7.98. The number of hydrogen-bond acceptors (Lipinski definition) is 12. The molecule has 1 unspecified atom stereocenters. The van der Waals surface area contributed by atoms with Gasteiger partial charge in [-0.1, -0.05) is 29.3 Å². The number of fused-ring (bicyclic) bond motifs is 1. The van der Waals surface area contributed by atoms with E-state index in [0.717, 1.165) is 98.9 Å². The van der Waals surface area contributed by atoms with Crippen LogP contribution in [-0.4, -0.2) is 104 Å². The number of nitrogens with one attached hydrogen (secondary N) is 3. The number of hydrogen-bond donors (Lipinski definition) is 3. The molecule has 0 saturated carbocycles. The Balaban J connectivity index is 0.894. The zero-order valence-corrected chi connectivity index (χ0v) is 34.6. The van der Waals surface area contributed by atoms with Crippen molar-refractivity contribution in [2.24, 2.45) is 5.41 Å². The van der Waals surface area contributed by atoms with Gasteiger partial charge in [-0.3, -0.25) is 24.5 Å². The lowest BCUT2D eigenvalue weighted by molar-refractivity contribution is -0.384. The molecule has 3 saturated heterocycles. The van der Waals surface area contributed by atoms with Crippen LogP contribution in [0.15, 0.2) is 95.7 Å². The summed E-state index contributed by atoms with van der Waals surface area (Å²) >= 11 is 7.26. The Morgan fingerprint density at radius 2 is 1.88 bits per heavy atom. The fourth-order valence-corrected chi connectivity index (χ4v) is 9.11. The Hall–Kier alpha value is -5.16. The maximum Gasteiger partial charge on any atom is 0.293 e. The topological polar surface area (TPSA) is 156 Å². The van der Waals surface area contributed by atoms with Gasteiger partial charge in [0, 0.05) is 84.0 Å². The summed E-state index contributed by atoms with van der Waals surface area (Å²) in [6, 6.07) is 22.5. The van der Waals surface area contributed by atoms with Gasteiger partial charge < -0.3 is 34.1 Å². The number of ether oxygens (including phenoxy) is 4. The van der Waals surface area contributed by atoms with Gasteiger partial charge in [-0.2, -0.15) is 0 Å². The maximum atomic E-state index is 13.8. The van der Waals surface area contributed by atoms with Crippen molar-refractivity contribution < 1.29 is 28.7 Å². The first-order valence-electron chi connectivity index (χ1n) is 20.2. The molecule has 312 valence electrons. The molecule has 0 bridgehead atoms. The number of rotatable bonds is 13.